The zero-order chi connectivity index (χ0) is 13.2. The van der Waals surface area contributed by atoms with Gasteiger partial charge in [0.2, 0.25) is 5.89 Å². The number of aromatic hydroxyl groups is 1. The molecule has 0 radical (unpaired) electrons. The Hall–Kier alpha value is -2.49. The molecule has 0 saturated heterocycles. The second-order valence-electron chi connectivity index (χ2n) is 3.89. The number of phenolic OH excluding ortho intramolecular Hbond substituents is 1. The summed E-state index contributed by atoms with van der Waals surface area (Å²) >= 11 is 4.56. The minimum Gasteiger partial charge on any atom is -0.507 e. The van der Waals surface area contributed by atoms with E-state index in [1.807, 2.05) is 24.3 Å². The number of phenols is 1. The predicted molar refractivity (Wildman–Crippen MR) is 75.8 cm³/mol. The molecule has 3 rings (SSSR count). The van der Waals surface area contributed by atoms with E-state index in [0.717, 1.165) is 5.52 Å². The van der Waals surface area contributed by atoms with E-state index in [0.29, 0.717) is 22.7 Å². The van der Waals surface area contributed by atoms with Crippen LogP contribution in [0.25, 0.3) is 22.6 Å². The van der Waals surface area contributed by atoms with E-state index in [1.165, 1.54) is 6.07 Å². The van der Waals surface area contributed by atoms with Gasteiger partial charge >= 0.3 is 0 Å². The number of aliphatic imine (C=N–C) groups is 1. The number of para-hydroxylation sites is 2. The standard InChI is InChI=1S/C14H8N2O2S/c17-12-6-5-9(15-8-19)7-10(12)14-16-11-3-1-2-4-13(11)18-14/h1-7,17H. The van der Waals surface area contributed by atoms with Gasteiger partial charge in [-0.3, -0.25) is 0 Å². The first-order valence-corrected chi connectivity index (χ1v) is 5.95. The minimum absolute atomic E-state index is 0.0786. The van der Waals surface area contributed by atoms with Crippen molar-refractivity contribution in [1.29, 1.82) is 0 Å². The molecule has 5 heteroatoms. The molecule has 0 unspecified atom stereocenters. The second kappa shape index (κ2) is 4.65. The van der Waals surface area contributed by atoms with Gasteiger partial charge in [0.15, 0.2) is 5.58 Å². The number of fused-ring (bicyclic) bond motifs is 1. The lowest BCUT2D eigenvalue weighted by atomic mass is 10.2. The van der Waals surface area contributed by atoms with Gasteiger partial charge in [-0.2, -0.15) is 4.99 Å². The van der Waals surface area contributed by atoms with E-state index in [-0.39, 0.29) is 5.75 Å². The molecule has 3 aromatic rings. The van der Waals surface area contributed by atoms with Crippen LogP contribution in [-0.4, -0.2) is 15.3 Å². The van der Waals surface area contributed by atoms with E-state index in [2.05, 4.69) is 27.4 Å². The number of oxazole rings is 1. The Morgan fingerprint density at radius 3 is 2.84 bits per heavy atom. The quantitative estimate of drug-likeness (QED) is 0.565. The third-order valence-corrected chi connectivity index (χ3v) is 2.77. The van der Waals surface area contributed by atoms with Crippen molar-refractivity contribution in [3.63, 3.8) is 0 Å². The molecule has 92 valence electrons. The van der Waals surface area contributed by atoms with Crippen molar-refractivity contribution in [1.82, 2.24) is 4.98 Å². The fourth-order valence-electron chi connectivity index (χ4n) is 1.80. The third kappa shape index (κ3) is 2.12. The summed E-state index contributed by atoms with van der Waals surface area (Å²) in [5.74, 6) is 0.426. The summed E-state index contributed by atoms with van der Waals surface area (Å²) in [6.45, 7) is 0. The molecule has 0 fully saturated rings. The molecule has 19 heavy (non-hydrogen) atoms. The van der Waals surface area contributed by atoms with Crippen molar-refractivity contribution < 1.29 is 9.52 Å². The van der Waals surface area contributed by atoms with Gasteiger partial charge in [-0.25, -0.2) is 4.98 Å². The van der Waals surface area contributed by atoms with Crippen LogP contribution in [0, 0.1) is 0 Å². The zero-order valence-corrected chi connectivity index (χ0v) is 10.5. The Kier molecular flexibility index (Phi) is 2.83. The van der Waals surface area contributed by atoms with Crippen LogP contribution < -0.4 is 0 Å². The number of benzene rings is 2. The van der Waals surface area contributed by atoms with Gasteiger partial charge in [0.1, 0.15) is 11.3 Å². The van der Waals surface area contributed by atoms with Gasteiger partial charge in [0.25, 0.3) is 0 Å². The van der Waals surface area contributed by atoms with E-state index in [9.17, 15) is 5.11 Å². The number of thiocarbonyl (C=S) groups is 1. The molecular formula is C14H8N2O2S. The first kappa shape index (κ1) is 11.6. The Balaban J connectivity index is 2.19. The number of rotatable bonds is 2. The number of nitrogens with zero attached hydrogens (tertiary/aromatic N) is 2. The number of isothiocyanates is 1. The Morgan fingerprint density at radius 2 is 2.05 bits per heavy atom. The molecule has 0 aliphatic heterocycles. The smallest absolute Gasteiger partial charge is 0.231 e. The number of hydrogen-bond donors (Lipinski definition) is 1. The van der Waals surface area contributed by atoms with Crippen molar-refractivity contribution in [3.05, 3.63) is 42.5 Å². The van der Waals surface area contributed by atoms with Gasteiger partial charge in [-0.1, -0.05) is 12.1 Å². The highest BCUT2D eigenvalue weighted by Gasteiger charge is 2.12. The zero-order valence-electron chi connectivity index (χ0n) is 9.70. The van der Waals surface area contributed by atoms with Gasteiger partial charge in [0.05, 0.1) is 16.4 Å². The summed E-state index contributed by atoms with van der Waals surface area (Å²) in [4.78, 5) is 8.20. The maximum atomic E-state index is 9.89. The highest BCUT2D eigenvalue weighted by molar-refractivity contribution is 7.78. The van der Waals surface area contributed by atoms with Crippen LogP contribution >= 0.6 is 12.2 Å². The minimum atomic E-state index is 0.0786. The monoisotopic (exact) mass is 268 g/mol. The molecule has 0 spiro atoms. The lowest BCUT2D eigenvalue weighted by molar-refractivity contribution is 0.474. The largest absolute Gasteiger partial charge is 0.507 e. The van der Waals surface area contributed by atoms with Crippen LogP contribution in [0.5, 0.6) is 5.75 Å². The fourth-order valence-corrected chi connectivity index (χ4v) is 1.91. The van der Waals surface area contributed by atoms with Crippen LogP contribution in [0.15, 0.2) is 51.9 Å². The van der Waals surface area contributed by atoms with Crippen LogP contribution in [0.4, 0.5) is 5.69 Å². The Labute approximate surface area is 114 Å². The molecule has 1 N–H and O–H groups in total. The molecule has 0 aliphatic carbocycles. The maximum absolute atomic E-state index is 9.89. The highest BCUT2D eigenvalue weighted by Crippen LogP contribution is 2.33. The molecule has 2 aromatic carbocycles. The lowest BCUT2D eigenvalue weighted by Crippen LogP contribution is -1.78. The summed E-state index contributed by atoms with van der Waals surface area (Å²) in [7, 11) is 0. The van der Waals surface area contributed by atoms with Crippen LogP contribution in [0.1, 0.15) is 0 Å². The Morgan fingerprint density at radius 1 is 1.21 bits per heavy atom. The van der Waals surface area contributed by atoms with Crippen LogP contribution in [0.2, 0.25) is 0 Å². The summed E-state index contributed by atoms with van der Waals surface area (Å²) < 4.78 is 5.61. The molecule has 0 atom stereocenters. The van der Waals surface area contributed by atoms with E-state index in [1.54, 1.807) is 12.1 Å². The van der Waals surface area contributed by atoms with Crippen LogP contribution in [-0.2, 0) is 0 Å². The summed E-state index contributed by atoms with van der Waals surface area (Å²) in [6, 6.07) is 12.2. The van der Waals surface area contributed by atoms with Gasteiger partial charge in [-0.15, -0.1) is 0 Å². The topological polar surface area (TPSA) is 58.6 Å². The first-order valence-electron chi connectivity index (χ1n) is 5.55. The predicted octanol–water partition coefficient (Wildman–Crippen LogP) is 3.93. The molecule has 4 nitrogen and oxygen atoms in total. The second-order valence-corrected chi connectivity index (χ2v) is 4.07. The van der Waals surface area contributed by atoms with Crippen molar-refractivity contribution in [2.45, 2.75) is 0 Å². The normalized spacial score (nSPS) is 10.3. The number of aromatic nitrogens is 1. The van der Waals surface area contributed by atoms with Crippen molar-refractivity contribution in [3.8, 4) is 17.2 Å². The average Bonchev–Trinajstić information content (AvgIpc) is 2.85. The lowest BCUT2D eigenvalue weighted by Gasteiger charge is -2.00. The van der Waals surface area contributed by atoms with Gasteiger partial charge in [0, 0.05) is 0 Å². The Bertz CT molecular complexity index is 771. The molecule has 0 amide bonds. The molecule has 1 aromatic heterocycles. The van der Waals surface area contributed by atoms with Crippen molar-refractivity contribution >= 4 is 34.2 Å². The fraction of sp³-hybridized carbons (Fsp3) is 0. The molecular weight excluding hydrogens is 260 g/mol. The maximum Gasteiger partial charge on any atom is 0.231 e. The van der Waals surface area contributed by atoms with Gasteiger partial charge in [-0.05, 0) is 42.5 Å². The highest BCUT2D eigenvalue weighted by atomic mass is 32.1. The molecule has 0 bridgehead atoms. The van der Waals surface area contributed by atoms with Gasteiger partial charge < -0.3 is 9.52 Å². The van der Waals surface area contributed by atoms with Crippen molar-refractivity contribution in [2.24, 2.45) is 4.99 Å². The average molecular weight is 268 g/mol. The first-order chi connectivity index (χ1) is 9.28. The molecule has 1 heterocycles. The van der Waals surface area contributed by atoms with E-state index >= 15 is 0 Å². The summed E-state index contributed by atoms with van der Waals surface area (Å²) in [5.41, 5.74) is 2.47. The van der Waals surface area contributed by atoms with Crippen LogP contribution in [0.3, 0.4) is 0 Å². The third-order valence-electron chi connectivity index (χ3n) is 2.68. The number of hydrogen-bond acceptors (Lipinski definition) is 5. The summed E-state index contributed by atoms with van der Waals surface area (Å²) in [6.07, 6.45) is 0. The molecule has 0 saturated carbocycles. The van der Waals surface area contributed by atoms with Crippen molar-refractivity contribution in [2.75, 3.05) is 0 Å². The van der Waals surface area contributed by atoms with E-state index < -0.39 is 0 Å². The summed E-state index contributed by atoms with van der Waals surface area (Å²) in [5, 5.41) is 12.2. The molecule has 0 aliphatic rings. The SMILES string of the molecule is Oc1ccc(N=C=S)cc1-c1nc2ccccc2o1. The van der Waals surface area contributed by atoms with E-state index in [4.69, 9.17) is 4.42 Å².